The Balaban J connectivity index is 1.77. The van der Waals surface area contributed by atoms with E-state index in [1.807, 2.05) is 0 Å². The number of hydrogen-bond acceptors (Lipinski definition) is 5. The van der Waals surface area contributed by atoms with Crippen molar-refractivity contribution in [2.24, 2.45) is 0 Å². The van der Waals surface area contributed by atoms with Crippen molar-refractivity contribution < 1.29 is 0 Å². The van der Waals surface area contributed by atoms with Crippen LogP contribution in [0.2, 0.25) is 0 Å². The van der Waals surface area contributed by atoms with Crippen LogP contribution >= 0.6 is 27.3 Å². The molecule has 1 N–H and O–H groups in total. The highest BCUT2D eigenvalue weighted by molar-refractivity contribution is 9.11. The van der Waals surface area contributed by atoms with Gasteiger partial charge in [-0.2, -0.15) is 0 Å². The molecule has 0 bridgehead atoms. The predicted octanol–water partition coefficient (Wildman–Crippen LogP) is 2.20. The van der Waals surface area contributed by atoms with Crippen LogP contribution in [0.25, 0.3) is 0 Å². The summed E-state index contributed by atoms with van der Waals surface area (Å²) in [6, 6.07) is 0.579. The van der Waals surface area contributed by atoms with E-state index in [0.717, 1.165) is 15.6 Å². The Hall–Kier alpha value is -0.200. The van der Waals surface area contributed by atoms with E-state index in [-0.39, 0.29) is 0 Å². The number of hydrogen-bond donors (Lipinski definition) is 1. The molecule has 84 valence electrons. The Morgan fingerprint density at radius 2 is 2.20 bits per heavy atom. The van der Waals surface area contributed by atoms with E-state index in [1.54, 1.807) is 0 Å². The minimum absolute atomic E-state index is 0.579. The lowest BCUT2D eigenvalue weighted by atomic mass is 10.3. The van der Waals surface area contributed by atoms with Crippen molar-refractivity contribution in [3.63, 3.8) is 0 Å². The summed E-state index contributed by atoms with van der Waals surface area (Å²) in [5.74, 6) is 0. The van der Waals surface area contributed by atoms with Gasteiger partial charge < -0.3 is 5.32 Å². The van der Waals surface area contributed by atoms with Crippen molar-refractivity contribution >= 4 is 32.4 Å². The second-order valence-electron chi connectivity index (χ2n) is 3.83. The van der Waals surface area contributed by atoms with Crippen molar-refractivity contribution in [2.75, 3.05) is 25.0 Å². The molecule has 2 heterocycles. The smallest absolute Gasteiger partial charge is 0.206 e. The standard InChI is InChI=1S/C9H15BrN4S/c1-7(14-4-2-3-5-14)6-11-9-13-12-8(10)15-9/h7H,2-6H2,1H3,(H,11,13). The highest BCUT2D eigenvalue weighted by Crippen LogP contribution is 2.20. The van der Waals surface area contributed by atoms with Crippen LogP contribution in [-0.4, -0.2) is 40.8 Å². The van der Waals surface area contributed by atoms with Crippen LogP contribution in [0, 0.1) is 0 Å². The van der Waals surface area contributed by atoms with Gasteiger partial charge in [-0.3, -0.25) is 4.90 Å². The summed E-state index contributed by atoms with van der Waals surface area (Å²) in [7, 11) is 0. The van der Waals surface area contributed by atoms with Gasteiger partial charge in [0, 0.05) is 12.6 Å². The number of nitrogens with one attached hydrogen (secondary N) is 1. The quantitative estimate of drug-likeness (QED) is 0.923. The molecule has 4 nitrogen and oxygen atoms in total. The molecule has 1 atom stereocenters. The van der Waals surface area contributed by atoms with Crippen LogP contribution in [0.1, 0.15) is 19.8 Å². The summed E-state index contributed by atoms with van der Waals surface area (Å²) in [6.45, 7) is 5.68. The van der Waals surface area contributed by atoms with Crippen LogP contribution in [0.5, 0.6) is 0 Å². The van der Waals surface area contributed by atoms with E-state index in [4.69, 9.17) is 0 Å². The van der Waals surface area contributed by atoms with Gasteiger partial charge in [0.1, 0.15) is 0 Å². The molecule has 15 heavy (non-hydrogen) atoms. The first-order valence-electron chi connectivity index (χ1n) is 5.22. The van der Waals surface area contributed by atoms with Crippen molar-refractivity contribution in [2.45, 2.75) is 25.8 Å². The Morgan fingerprint density at radius 1 is 1.47 bits per heavy atom. The molecule has 0 amide bonds. The van der Waals surface area contributed by atoms with Gasteiger partial charge in [0.05, 0.1) is 0 Å². The molecule has 1 aliphatic rings. The molecule has 1 aromatic rings. The molecule has 0 saturated carbocycles. The number of halogens is 1. The molecule has 1 saturated heterocycles. The topological polar surface area (TPSA) is 41.1 Å². The highest BCUT2D eigenvalue weighted by atomic mass is 79.9. The first-order valence-corrected chi connectivity index (χ1v) is 6.83. The number of anilines is 1. The van der Waals surface area contributed by atoms with Crippen LogP contribution < -0.4 is 5.32 Å². The molecule has 1 aromatic heterocycles. The third kappa shape index (κ3) is 3.12. The summed E-state index contributed by atoms with van der Waals surface area (Å²) in [6.07, 6.45) is 2.68. The molecule has 0 aromatic carbocycles. The van der Waals surface area contributed by atoms with Gasteiger partial charge in [0.25, 0.3) is 0 Å². The molecule has 0 aliphatic carbocycles. The number of likely N-dealkylation sites (tertiary alicyclic amines) is 1. The van der Waals surface area contributed by atoms with Gasteiger partial charge in [-0.15, -0.1) is 10.2 Å². The average molecular weight is 291 g/mol. The maximum Gasteiger partial charge on any atom is 0.206 e. The Bertz CT molecular complexity index is 311. The van der Waals surface area contributed by atoms with Gasteiger partial charge in [-0.05, 0) is 48.8 Å². The normalized spacial score (nSPS) is 19.3. The van der Waals surface area contributed by atoms with Crippen LogP contribution in [0.4, 0.5) is 5.13 Å². The number of rotatable bonds is 4. The zero-order chi connectivity index (χ0) is 10.7. The van der Waals surface area contributed by atoms with Gasteiger partial charge in [0.2, 0.25) is 5.13 Å². The van der Waals surface area contributed by atoms with E-state index in [2.05, 4.69) is 43.3 Å². The average Bonchev–Trinajstić information content (AvgIpc) is 2.84. The van der Waals surface area contributed by atoms with E-state index in [0.29, 0.717) is 6.04 Å². The molecule has 2 rings (SSSR count). The summed E-state index contributed by atoms with van der Waals surface area (Å²) in [5, 5.41) is 12.1. The van der Waals surface area contributed by atoms with Crippen molar-refractivity contribution in [1.29, 1.82) is 0 Å². The lowest BCUT2D eigenvalue weighted by molar-refractivity contribution is 0.269. The minimum Gasteiger partial charge on any atom is -0.358 e. The second-order valence-corrected chi connectivity index (χ2v) is 6.09. The lowest BCUT2D eigenvalue weighted by Crippen LogP contribution is -2.35. The Kier molecular flexibility index (Phi) is 3.93. The van der Waals surface area contributed by atoms with Crippen molar-refractivity contribution in [3.05, 3.63) is 3.92 Å². The molecule has 1 aliphatic heterocycles. The lowest BCUT2D eigenvalue weighted by Gasteiger charge is -2.23. The zero-order valence-electron chi connectivity index (χ0n) is 8.74. The van der Waals surface area contributed by atoms with E-state index in [9.17, 15) is 0 Å². The summed E-state index contributed by atoms with van der Waals surface area (Å²) in [5.41, 5.74) is 0. The predicted molar refractivity (Wildman–Crippen MR) is 66.4 cm³/mol. The Morgan fingerprint density at radius 3 is 2.80 bits per heavy atom. The third-order valence-corrected chi connectivity index (χ3v) is 4.03. The maximum atomic E-state index is 4.01. The first kappa shape index (κ1) is 11.3. The summed E-state index contributed by atoms with van der Waals surface area (Å²) < 4.78 is 0.832. The summed E-state index contributed by atoms with van der Waals surface area (Å²) >= 11 is 4.84. The molecular weight excluding hydrogens is 276 g/mol. The van der Waals surface area contributed by atoms with Crippen molar-refractivity contribution in [1.82, 2.24) is 15.1 Å². The molecule has 6 heteroatoms. The van der Waals surface area contributed by atoms with E-state index in [1.165, 1.54) is 37.3 Å². The minimum atomic E-state index is 0.579. The highest BCUT2D eigenvalue weighted by Gasteiger charge is 2.17. The fourth-order valence-electron chi connectivity index (χ4n) is 1.82. The molecule has 0 spiro atoms. The van der Waals surface area contributed by atoms with Gasteiger partial charge in [-0.25, -0.2) is 0 Å². The van der Waals surface area contributed by atoms with Gasteiger partial charge in [0.15, 0.2) is 3.92 Å². The number of nitrogens with zero attached hydrogens (tertiary/aromatic N) is 3. The SMILES string of the molecule is CC(CNc1nnc(Br)s1)N1CCCC1. The van der Waals surface area contributed by atoms with Crippen molar-refractivity contribution in [3.8, 4) is 0 Å². The third-order valence-electron chi connectivity index (χ3n) is 2.71. The maximum absolute atomic E-state index is 4.01. The molecular formula is C9H15BrN4S. The number of aromatic nitrogens is 2. The zero-order valence-corrected chi connectivity index (χ0v) is 11.1. The summed E-state index contributed by atoms with van der Waals surface area (Å²) in [4.78, 5) is 2.52. The van der Waals surface area contributed by atoms with Gasteiger partial charge >= 0.3 is 0 Å². The van der Waals surface area contributed by atoms with E-state index >= 15 is 0 Å². The van der Waals surface area contributed by atoms with Crippen LogP contribution in [0.3, 0.4) is 0 Å². The van der Waals surface area contributed by atoms with E-state index < -0.39 is 0 Å². The van der Waals surface area contributed by atoms with Gasteiger partial charge in [-0.1, -0.05) is 11.3 Å². The first-order chi connectivity index (χ1) is 7.25. The molecule has 1 unspecified atom stereocenters. The monoisotopic (exact) mass is 290 g/mol. The second kappa shape index (κ2) is 5.23. The fourth-order valence-corrected chi connectivity index (χ4v) is 2.84. The molecule has 1 fully saturated rings. The molecule has 0 radical (unpaired) electrons. The van der Waals surface area contributed by atoms with Crippen LogP contribution in [-0.2, 0) is 0 Å². The van der Waals surface area contributed by atoms with Crippen LogP contribution in [0.15, 0.2) is 3.92 Å². The largest absolute Gasteiger partial charge is 0.358 e. The Labute approximate surface area is 102 Å². The fraction of sp³-hybridized carbons (Fsp3) is 0.778.